The lowest BCUT2D eigenvalue weighted by molar-refractivity contribution is -0.116. The molecule has 25 heavy (non-hydrogen) atoms. The maximum atomic E-state index is 12.7. The molecule has 0 aliphatic heterocycles. The topological polar surface area (TPSA) is 53.3 Å². The van der Waals surface area contributed by atoms with E-state index in [1.807, 2.05) is 55.5 Å². The van der Waals surface area contributed by atoms with Crippen molar-refractivity contribution in [2.45, 2.75) is 18.2 Å². The van der Waals surface area contributed by atoms with Crippen LogP contribution in [0.4, 0.5) is 5.69 Å². The standard InChI is InChI=1S/C19H19BrN2O2S/c1-2-24-17-8-6-16(7-9-17)22(13-3-12-21)19(23)14-25-18-10-4-15(20)5-11-18/h4-11H,2-3,13-14H2,1H3. The monoisotopic (exact) mass is 418 g/mol. The minimum Gasteiger partial charge on any atom is -0.494 e. The van der Waals surface area contributed by atoms with Gasteiger partial charge in [-0.1, -0.05) is 15.9 Å². The van der Waals surface area contributed by atoms with E-state index >= 15 is 0 Å². The molecule has 2 aromatic rings. The average Bonchev–Trinajstić information content (AvgIpc) is 2.63. The lowest BCUT2D eigenvalue weighted by Gasteiger charge is -2.22. The minimum absolute atomic E-state index is 0.0210. The fourth-order valence-corrected chi connectivity index (χ4v) is 3.24. The first kappa shape index (κ1) is 19.4. The van der Waals surface area contributed by atoms with Gasteiger partial charge < -0.3 is 9.64 Å². The van der Waals surface area contributed by atoms with Gasteiger partial charge in [-0.15, -0.1) is 11.8 Å². The number of hydrogen-bond acceptors (Lipinski definition) is 4. The van der Waals surface area contributed by atoms with E-state index in [-0.39, 0.29) is 5.91 Å². The van der Waals surface area contributed by atoms with E-state index in [1.165, 1.54) is 11.8 Å². The highest BCUT2D eigenvalue weighted by Gasteiger charge is 2.16. The van der Waals surface area contributed by atoms with Gasteiger partial charge in [-0.05, 0) is 55.5 Å². The van der Waals surface area contributed by atoms with Crippen molar-refractivity contribution in [1.82, 2.24) is 0 Å². The van der Waals surface area contributed by atoms with Crippen molar-refractivity contribution in [2.24, 2.45) is 0 Å². The summed E-state index contributed by atoms with van der Waals surface area (Å²) in [4.78, 5) is 15.3. The average molecular weight is 419 g/mol. The van der Waals surface area contributed by atoms with Gasteiger partial charge in [0.15, 0.2) is 0 Å². The zero-order valence-electron chi connectivity index (χ0n) is 13.9. The van der Waals surface area contributed by atoms with Crippen molar-refractivity contribution >= 4 is 39.3 Å². The van der Waals surface area contributed by atoms with E-state index in [1.54, 1.807) is 4.90 Å². The largest absolute Gasteiger partial charge is 0.494 e. The second kappa shape index (κ2) is 10.1. The lowest BCUT2D eigenvalue weighted by atomic mass is 10.2. The van der Waals surface area contributed by atoms with Gasteiger partial charge >= 0.3 is 0 Å². The van der Waals surface area contributed by atoms with Crippen LogP contribution in [-0.2, 0) is 4.79 Å². The molecule has 0 N–H and O–H groups in total. The molecule has 0 heterocycles. The summed E-state index contributed by atoms with van der Waals surface area (Å²) >= 11 is 4.88. The molecule has 0 aliphatic carbocycles. The van der Waals surface area contributed by atoms with Crippen LogP contribution in [0.2, 0.25) is 0 Å². The van der Waals surface area contributed by atoms with Gasteiger partial charge in [0.05, 0.1) is 24.8 Å². The van der Waals surface area contributed by atoms with Crippen LogP contribution in [-0.4, -0.2) is 24.8 Å². The molecule has 0 saturated heterocycles. The van der Waals surface area contributed by atoms with E-state index in [0.717, 1.165) is 20.8 Å². The number of hydrogen-bond donors (Lipinski definition) is 0. The van der Waals surface area contributed by atoms with Crippen LogP contribution in [0.25, 0.3) is 0 Å². The minimum atomic E-state index is -0.0210. The quantitative estimate of drug-likeness (QED) is 0.572. The molecule has 0 saturated carbocycles. The van der Waals surface area contributed by atoms with Crippen LogP contribution < -0.4 is 9.64 Å². The first-order valence-corrected chi connectivity index (χ1v) is 9.70. The Kier molecular flexibility index (Phi) is 7.83. The second-order valence-electron chi connectivity index (χ2n) is 5.12. The third-order valence-corrected chi connectivity index (χ3v) is 4.91. The maximum Gasteiger partial charge on any atom is 0.237 e. The van der Waals surface area contributed by atoms with E-state index in [9.17, 15) is 4.79 Å². The lowest BCUT2D eigenvalue weighted by Crippen LogP contribution is -2.33. The van der Waals surface area contributed by atoms with Crippen molar-refractivity contribution < 1.29 is 9.53 Å². The van der Waals surface area contributed by atoms with Crippen molar-refractivity contribution in [3.63, 3.8) is 0 Å². The summed E-state index contributed by atoms with van der Waals surface area (Å²) in [7, 11) is 0. The first-order valence-electron chi connectivity index (χ1n) is 7.92. The van der Waals surface area contributed by atoms with Crippen LogP contribution in [0.15, 0.2) is 57.9 Å². The summed E-state index contributed by atoms with van der Waals surface area (Å²) in [6, 6.07) is 17.3. The molecule has 0 fully saturated rings. The van der Waals surface area contributed by atoms with Crippen molar-refractivity contribution in [1.29, 1.82) is 5.26 Å². The Bertz CT molecular complexity index is 727. The van der Waals surface area contributed by atoms with Crippen molar-refractivity contribution in [3.05, 3.63) is 53.0 Å². The first-order chi connectivity index (χ1) is 12.1. The van der Waals surface area contributed by atoms with E-state index in [0.29, 0.717) is 25.3 Å². The molecule has 2 aromatic carbocycles. The Morgan fingerprint density at radius 2 is 1.88 bits per heavy atom. The fraction of sp³-hybridized carbons (Fsp3) is 0.263. The number of benzene rings is 2. The molecule has 0 spiro atoms. The molecular weight excluding hydrogens is 400 g/mol. The Morgan fingerprint density at radius 3 is 2.48 bits per heavy atom. The van der Waals surface area contributed by atoms with E-state index in [4.69, 9.17) is 10.00 Å². The predicted molar refractivity (Wildman–Crippen MR) is 105 cm³/mol. The van der Waals surface area contributed by atoms with Gasteiger partial charge in [-0.3, -0.25) is 4.79 Å². The third kappa shape index (κ3) is 6.11. The SMILES string of the molecule is CCOc1ccc(N(CCC#N)C(=O)CSc2ccc(Br)cc2)cc1. The van der Waals surface area contributed by atoms with E-state index in [2.05, 4.69) is 22.0 Å². The Morgan fingerprint density at radius 1 is 1.20 bits per heavy atom. The molecule has 0 bridgehead atoms. The number of amides is 1. The van der Waals surface area contributed by atoms with Crippen LogP contribution >= 0.6 is 27.7 Å². The number of nitriles is 1. The van der Waals surface area contributed by atoms with Gasteiger partial charge in [0.2, 0.25) is 5.91 Å². The van der Waals surface area contributed by atoms with Gasteiger partial charge in [0.1, 0.15) is 5.75 Å². The highest BCUT2D eigenvalue weighted by Crippen LogP contribution is 2.24. The molecule has 0 aliphatic rings. The fourth-order valence-electron chi connectivity index (χ4n) is 2.20. The number of anilines is 1. The zero-order chi connectivity index (χ0) is 18.1. The number of carbonyl (C=O) groups excluding carboxylic acids is 1. The molecule has 4 nitrogen and oxygen atoms in total. The molecule has 0 unspecified atom stereocenters. The molecular formula is C19H19BrN2O2S. The molecule has 1 amide bonds. The van der Waals surface area contributed by atoms with Crippen LogP contribution in [0.1, 0.15) is 13.3 Å². The van der Waals surface area contributed by atoms with Crippen molar-refractivity contribution in [3.8, 4) is 11.8 Å². The summed E-state index contributed by atoms with van der Waals surface area (Å²) in [5, 5.41) is 8.87. The van der Waals surface area contributed by atoms with Crippen LogP contribution in [0, 0.1) is 11.3 Å². The van der Waals surface area contributed by atoms with Crippen LogP contribution in [0.5, 0.6) is 5.75 Å². The molecule has 0 aromatic heterocycles. The Labute approximate surface area is 160 Å². The zero-order valence-corrected chi connectivity index (χ0v) is 16.3. The molecule has 130 valence electrons. The normalized spacial score (nSPS) is 10.1. The molecule has 2 rings (SSSR count). The highest BCUT2D eigenvalue weighted by molar-refractivity contribution is 9.10. The van der Waals surface area contributed by atoms with E-state index < -0.39 is 0 Å². The van der Waals surface area contributed by atoms with Gasteiger partial charge in [-0.25, -0.2) is 0 Å². The summed E-state index contributed by atoms with van der Waals surface area (Å²) in [5.74, 6) is 1.07. The third-order valence-electron chi connectivity index (χ3n) is 3.38. The molecule has 0 radical (unpaired) electrons. The number of carbonyl (C=O) groups is 1. The second-order valence-corrected chi connectivity index (χ2v) is 7.09. The summed E-state index contributed by atoms with van der Waals surface area (Å²) in [6.07, 6.45) is 0.294. The Balaban J connectivity index is 2.05. The summed E-state index contributed by atoms with van der Waals surface area (Å²) < 4.78 is 6.44. The summed E-state index contributed by atoms with van der Waals surface area (Å²) in [6.45, 7) is 2.90. The number of thioether (sulfide) groups is 1. The molecule has 6 heteroatoms. The number of nitrogens with zero attached hydrogens (tertiary/aromatic N) is 2. The molecule has 0 atom stereocenters. The Hall–Kier alpha value is -1.97. The number of rotatable bonds is 8. The number of halogens is 1. The number of ether oxygens (including phenoxy) is 1. The van der Waals surface area contributed by atoms with Gasteiger partial charge in [0.25, 0.3) is 0 Å². The van der Waals surface area contributed by atoms with Gasteiger partial charge in [0, 0.05) is 21.6 Å². The smallest absolute Gasteiger partial charge is 0.237 e. The summed E-state index contributed by atoms with van der Waals surface area (Å²) in [5.41, 5.74) is 0.778. The highest BCUT2D eigenvalue weighted by atomic mass is 79.9. The maximum absolute atomic E-state index is 12.7. The van der Waals surface area contributed by atoms with Crippen LogP contribution in [0.3, 0.4) is 0 Å². The van der Waals surface area contributed by atoms with Crippen molar-refractivity contribution in [2.75, 3.05) is 23.8 Å². The predicted octanol–water partition coefficient (Wildman–Crippen LogP) is 4.89. The van der Waals surface area contributed by atoms with Gasteiger partial charge in [-0.2, -0.15) is 5.26 Å².